The Morgan fingerprint density at radius 1 is 1.19 bits per heavy atom. The minimum atomic E-state index is -0.669. The average Bonchev–Trinajstić information content (AvgIpc) is 3.17. The monoisotopic (exact) mass is 556 g/mol. The minimum Gasteiger partial charge on any atom is -0.469 e. The van der Waals surface area contributed by atoms with Crippen molar-refractivity contribution in [3.63, 3.8) is 0 Å². The second-order valence-electron chi connectivity index (χ2n) is 9.44. The van der Waals surface area contributed by atoms with Gasteiger partial charge in [0.05, 0.1) is 12.8 Å². The topological polar surface area (TPSA) is 95.3 Å². The number of nitrogens with zero attached hydrogens (tertiary/aromatic N) is 3. The number of carbonyl (C=O) groups excluding carboxylic acids is 2. The van der Waals surface area contributed by atoms with Gasteiger partial charge < -0.3 is 9.47 Å². The third kappa shape index (κ3) is 6.72. The molecule has 0 fully saturated rings. The first-order valence-corrected chi connectivity index (χ1v) is 12.7. The second kappa shape index (κ2) is 11.7. The molecule has 8 nitrogen and oxygen atoms in total. The lowest BCUT2D eigenvalue weighted by atomic mass is 9.84. The highest BCUT2D eigenvalue weighted by Gasteiger charge is 2.31. The number of rotatable bonds is 8. The summed E-state index contributed by atoms with van der Waals surface area (Å²) >= 11 is 3.54. The molecule has 1 unspecified atom stereocenters. The van der Waals surface area contributed by atoms with Crippen LogP contribution in [0.3, 0.4) is 0 Å². The Balaban J connectivity index is 2.25. The van der Waals surface area contributed by atoms with Crippen molar-refractivity contribution in [1.82, 2.24) is 14.8 Å². The highest BCUT2D eigenvalue weighted by molar-refractivity contribution is 9.10. The van der Waals surface area contributed by atoms with Gasteiger partial charge in [-0.05, 0) is 76.4 Å². The molecule has 0 saturated carbocycles. The lowest BCUT2D eigenvalue weighted by Crippen LogP contribution is -2.28. The van der Waals surface area contributed by atoms with E-state index in [0.717, 1.165) is 21.2 Å². The number of nitrogens with one attached hydrogen (secondary N) is 1. The van der Waals surface area contributed by atoms with Crippen LogP contribution in [-0.4, -0.2) is 39.5 Å². The van der Waals surface area contributed by atoms with E-state index >= 15 is 0 Å². The number of benzene rings is 1. The van der Waals surface area contributed by atoms with Gasteiger partial charge in [0.25, 0.3) is 0 Å². The number of amides is 1. The van der Waals surface area contributed by atoms with Crippen LogP contribution < -0.4 is 5.32 Å². The Hall–Kier alpha value is -3.20. The van der Waals surface area contributed by atoms with Gasteiger partial charge in [0.1, 0.15) is 17.1 Å². The SMILES string of the molecule is CCn1nc(-c2ccccn2)c(C(CCC(=O)OC)c2ccc(Br)cc2C)c1NC(=O)OC(C)(C)C. The number of anilines is 1. The molecular formula is C27H33BrN4O4. The quantitative estimate of drug-likeness (QED) is 0.319. The Bertz CT molecular complexity index is 1220. The van der Waals surface area contributed by atoms with Crippen molar-refractivity contribution in [3.8, 4) is 11.4 Å². The molecule has 3 aromatic rings. The smallest absolute Gasteiger partial charge is 0.413 e. The highest BCUT2D eigenvalue weighted by Crippen LogP contribution is 2.42. The summed E-state index contributed by atoms with van der Waals surface area (Å²) in [7, 11) is 1.38. The molecule has 36 heavy (non-hydrogen) atoms. The Morgan fingerprint density at radius 3 is 2.53 bits per heavy atom. The fourth-order valence-corrected chi connectivity index (χ4v) is 4.58. The summed E-state index contributed by atoms with van der Waals surface area (Å²) < 4.78 is 13.2. The standard InChI is InChI=1S/C27H33BrN4O4/c1-7-32-25(30-26(34)36-27(3,4)5)23(24(31-32)21-10-8-9-15-29-21)20(13-14-22(33)35-6)19-12-11-18(28)16-17(19)2/h8-12,15-16,20H,7,13-14H2,1-6H3,(H,30,34). The van der Waals surface area contributed by atoms with Gasteiger partial charge in [0.2, 0.25) is 0 Å². The van der Waals surface area contributed by atoms with E-state index in [-0.39, 0.29) is 18.3 Å². The molecule has 1 N–H and O–H groups in total. The summed E-state index contributed by atoms with van der Waals surface area (Å²) in [5.41, 5.74) is 3.47. The van der Waals surface area contributed by atoms with Crippen molar-refractivity contribution < 1.29 is 19.1 Å². The normalized spacial score (nSPS) is 12.2. The van der Waals surface area contributed by atoms with Crippen LogP contribution in [0.2, 0.25) is 0 Å². The van der Waals surface area contributed by atoms with E-state index in [1.165, 1.54) is 7.11 Å². The molecule has 0 bridgehead atoms. The molecule has 9 heteroatoms. The molecule has 3 rings (SSSR count). The lowest BCUT2D eigenvalue weighted by Gasteiger charge is -2.23. The average molecular weight is 557 g/mol. The fourth-order valence-electron chi connectivity index (χ4n) is 4.11. The maximum absolute atomic E-state index is 12.9. The number of carbonyl (C=O) groups is 2. The first kappa shape index (κ1) is 27.4. The number of aromatic nitrogens is 3. The third-order valence-corrected chi connectivity index (χ3v) is 6.13. The van der Waals surface area contributed by atoms with Gasteiger partial charge in [-0.1, -0.05) is 28.1 Å². The molecule has 1 amide bonds. The van der Waals surface area contributed by atoms with Gasteiger partial charge in [-0.25, -0.2) is 9.48 Å². The van der Waals surface area contributed by atoms with Gasteiger partial charge in [-0.15, -0.1) is 0 Å². The number of methoxy groups -OCH3 is 1. The number of pyridine rings is 1. The zero-order valence-electron chi connectivity index (χ0n) is 21.6. The summed E-state index contributed by atoms with van der Waals surface area (Å²) in [6.45, 7) is 9.93. The van der Waals surface area contributed by atoms with Crippen molar-refractivity contribution in [2.24, 2.45) is 0 Å². The number of esters is 1. The molecule has 0 aliphatic carbocycles. The van der Waals surface area contributed by atoms with E-state index < -0.39 is 11.7 Å². The molecule has 1 atom stereocenters. The maximum atomic E-state index is 12.9. The van der Waals surface area contributed by atoms with Gasteiger partial charge in [-0.2, -0.15) is 5.10 Å². The van der Waals surface area contributed by atoms with E-state index in [0.29, 0.717) is 30.2 Å². The summed E-state index contributed by atoms with van der Waals surface area (Å²) in [6, 6.07) is 11.7. The Morgan fingerprint density at radius 2 is 1.94 bits per heavy atom. The lowest BCUT2D eigenvalue weighted by molar-refractivity contribution is -0.140. The van der Waals surface area contributed by atoms with Gasteiger partial charge in [0.15, 0.2) is 0 Å². The van der Waals surface area contributed by atoms with Crippen LogP contribution in [0.25, 0.3) is 11.4 Å². The zero-order valence-corrected chi connectivity index (χ0v) is 23.2. The Labute approximate surface area is 220 Å². The summed E-state index contributed by atoms with van der Waals surface area (Å²) in [5, 5.41) is 7.79. The van der Waals surface area contributed by atoms with Crippen LogP contribution in [0, 0.1) is 6.92 Å². The maximum Gasteiger partial charge on any atom is 0.413 e. The van der Waals surface area contributed by atoms with Crippen LogP contribution in [0.4, 0.5) is 10.6 Å². The van der Waals surface area contributed by atoms with E-state index in [1.807, 2.05) is 71.0 Å². The summed E-state index contributed by atoms with van der Waals surface area (Å²) in [4.78, 5) is 29.6. The van der Waals surface area contributed by atoms with E-state index in [2.05, 4.69) is 26.2 Å². The third-order valence-electron chi connectivity index (χ3n) is 5.64. The number of hydrogen-bond acceptors (Lipinski definition) is 6. The highest BCUT2D eigenvalue weighted by atomic mass is 79.9. The zero-order chi connectivity index (χ0) is 26.5. The van der Waals surface area contributed by atoms with E-state index in [9.17, 15) is 9.59 Å². The van der Waals surface area contributed by atoms with Crippen molar-refractivity contribution in [1.29, 1.82) is 0 Å². The van der Waals surface area contributed by atoms with Gasteiger partial charge >= 0.3 is 12.1 Å². The molecule has 0 aliphatic heterocycles. The van der Waals surface area contributed by atoms with Crippen LogP contribution in [0.5, 0.6) is 0 Å². The number of aryl methyl sites for hydroxylation is 2. The molecule has 2 heterocycles. The molecule has 1 aromatic carbocycles. The first-order chi connectivity index (χ1) is 17.0. The molecule has 192 valence electrons. The van der Waals surface area contributed by atoms with E-state index in [4.69, 9.17) is 14.6 Å². The van der Waals surface area contributed by atoms with Crippen LogP contribution >= 0.6 is 15.9 Å². The molecule has 0 radical (unpaired) electrons. The molecule has 2 aromatic heterocycles. The number of ether oxygens (including phenoxy) is 2. The molecule has 0 saturated heterocycles. The van der Waals surface area contributed by atoms with Crippen LogP contribution in [-0.2, 0) is 20.8 Å². The van der Waals surface area contributed by atoms with Crippen molar-refractivity contribution in [3.05, 3.63) is 63.8 Å². The van der Waals surface area contributed by atoms with Crippen molar-refractivity contribution in [2.75, 3.05) is 12.4 Å². The van der Waals surface area contributed by atoms with Crippen molar-refractivity contribution in [2.45, 2.75) is 65.5 Å². The number of halogens is 1. The predicted molar refractivity (Wildman–Crippen MR) is 143 cm³/mol. The molecular weight excluding hydrogens is 524 g/mol. The summed E-state index contributed by atoms with van der Waals surface area (Å²) in [5.74, 6) is -0.0669. The van der Waals surface area contributed by atoms with Gasteiger partial charge in [0, 0.05) is 35.1 Å². The fraction of sp³-hybridized carbons (Fsp3) is 0.407. The predicted octanol–water partition coefficient (Wildman–Crippen LogP) is 6.47. The van der Waals surface area contributed by atoms with Crippen LogP contribution in [0.15, 0.2) is 47.1 Å². The second-order valence-corrected chi connectivity index (χ2v) is 10.4. The Kier molecular flexibility index (Phi) is 8.89. The number of hydrogen-bond donors (Lipinski definition) is 1. The first-order valence-electron chi connectivity index (χ1n) is 11.9. The largest absolute Gasteiger partial charge is 0.469 e. The van der Waals surface area contributed by atoms with E-state index in [1.54, 1.807) is 10.9 Å². The van der Waals surface area contributed by atoms with Crippen molar-refractivity contribution >= 4 is 33.8 Å². The van der Waals surface area contributed by atoms with Crippen LogP contribution in [0.1, 0.15) is 63.1 Å². The van der Waals surface area contributed by atoms with Gasteiger partial charge in [-0.3, -0.25) is 15.1 Å². The molecule has 0 spiro atoms. The minimum absolute atomic E-state index is 0.196. The molecule has 0 aliphatic rings. The summed E-state index contributed by atoms with van der Waals surface area (Å²) in [6.07, 6.45) is 1.78.